The van der Waals surface area contributed by atoms with E-state index >= 15 is 0 Å². The lowest BCUT2D eigenvalue weighted by Crippen LogP contribution is -2.40. The third-order valence-corrected chi connectivity index (χ3v) is 4.78. The SMILES string of the molecule is CSC1CCCC(NC(=O)CCNC2CC2)C1. The van der Waals surface area contributed by atoms with Crippen molar-refractivity contribution in [2.75, 3.05) is 12.8 Å². The van der Waals surface area contributed by atoms with E-state index < -0.39 is 0 Å². The third kappa shape index (κ3) is 4.88. The highest BCUT2D eigenvalue weighted by Crippen LogP contribution is 2.26. The average Bonchev–Trinajstić information content (AvgIpc) is 3.13. The zero-order valence-corrected chi connectivity index (χ0v) is 11.5. The van der Waals surface area contributed by atoms with Crippen LogP contribution in [0.4, 0.5) is 0 Å². The number of rotatable bonds is 6. The van der Waals surface area contributed by atoms with E-state index in [4.69, 9.17) is 0 Å². The minimum Gasteiger partial charge on any atom is -0.353 e. The van der Waals surface area contributed by atoms with E-state index in [1.165, 1.54) is 32.1 Å². The molecule has 0 bridgehead atoms. The van der Waals surface area contributed by atoms with Gasteiger partial charge in [-0.15, -0.1) is 0 Å². The van der Waals surface area contributed by atoms with Crippen LogP contribution in [0.25, 0.3) is 0 Å². The molecule has 17 heavy (non-hydrogen) atoms. The summed E-state index contributed by atoms with van der Waals surface area (Å²) in [5.41, 5.74) is 0. The fourth-order valence-corrected chi connectivity index (χ4v) is 3.29. The van der Waals surface area contributed by atoms with E-state index in [1.807, 2.05) is 11.8 Å². The van der Waals surface area contributed by atoms with Gasteiger partial charge in [0.15, 0.2) is 0 Å². The zero-order chi connectivity index (χ0) is 12.1. The number of hydrogen-bond donors (Lipinski definition) is 2. The van der Waals surface area contributed by atoms with Crippen LogP contribution in [-0.2, 0) is 4.79 Å². The first-order valence-corrected chi connectivity index (χ1v) is 8.12. The lowest BCUT2D eigenvalue weighted by molar-refractivity contribution is -0.121. The van der Waals surface area contributed by atoms with E-state index in [1.54, 1.807) is 0 Å². The molecule has 2 aliphatic rings. The molecular weight excluding hydrogens is 232 g/mol. The van der Waals surface area contributed by atoms with Crippen molar-refractivity contribution in [1.82, 2.24) is 10.6 Å². The molecule has 3 nitrogen and oxygen atoms in total. The Morgan fingerprint density at radius 3 is 2.76 bits per heavy atom. The van der Waals surface area contributed by atoms with Gasteiger partial charge in [-0.25, -0.2) is 0 Å². The van der Waals surface area contributed by atoms with Crippen molar-refractivity contribution in [2.24, 2.45) is 0 Å². The average molecular weight is 256 g/mol. The van der Waals surface area contributed by atoms with Crippen molar-refractivity contribution in [1.29, 1.82) is 0 Å². The Hall–Kier alpha value is -0.220. The summed E-state index contributed by atoms with van der Waals surface area (Å²) in [4.78, 5) is 11.8. The summed E-state index contributed by atoms with van der Waals surface area (Å²) in [7, 11) is 0. The maximum atomic E-state index is 11.8. The summed E-state index contributed by atoms with van der Waals surface area (Å²) in [6.07, 6.45) is 10.3. The predicted octanol–water partition coefficient (Wildman–Crippen LogP) is 1.92. The molecule has 0 aliphatic heterocycles. The Morgan fingerprint density at radius 2 is 2.06 bits per heavy atom. The van der Waals surface area contributed by atoms with Gasteiger partial charge in [-0.3, -0.25) is 4.79 Å². The molecule has 1 amide bonds. The van der Waals surface area contributed by atoms with Gasteiger partial charge in [0, 0.05) is 30.3 Å². The molecule has 2 rings (SSSR count). The second-order valence-electron chi connectivity index (χ2n) is 5.27. The molecule has 4 heteroatoms. The molecule has 0 aromatic rings. The van der Waals surface area contributed by atoms with E-state index in [0.717, 1.165) is 18.2 Å². The summed E-state index contributed by atoms with van der Waals surface area (Å²) >= 11 is 1.94. The van der Waals surface area contributed by atoms with Crippen LogP contribution in [-0.4, -0.2) is 36.0 Å². The molecule has 2 fully saturated rings. The zero-order valence-electron chi connectivity index (χ0n) is 10.7. The highest BCUT2D eigenvalue weighted by Gasteiger charge is 2.23. The normalized spacial score (nSPS) is 29.0. The van der Waals surface area contributed by atoms with Crippen LogP contribution < -0.4 is 10.6 Å². The minimum absolute atomic E-state index is 0.227. The molecular formula is C13H24N2OS. The van der Waals surface area contributed by atoms with Gasteiger partial charge in [-0.05, 0) is 38.4 Å². The minimum atomic E-state index is 0.227. The van der Waals surface area contributed by atoms with Crippen molar-refractivity contribution in [3.05, 3.63) is 0 Å². The molecule has 0 aromatic heterocycles. The molecule has 0 spiro atoms. The molecule has 2 saturated carbocycles. The van der Waals surface area contributed by atoms with Gasteiger partial charge in [-0.1, -0.05) is 6.42 Å². The van der Waals surface area contributed by atoms with Gasteiger partial charge in [-0.2, -0.15) is 11.8 Å². The van der Waals surface area contributed by atoms with Crippen LogP contribution in [0.5, 0.6) is 0 Å². The van der Waals surface area contributed by atoms with Crippen molar-refractivity contribution in [3.8, 4) is 0 Å². The second-order valence-corrected chi connectivity index (χ2v) is 6.41. The van der Waals surface area contributed by atoms with Gasteiger partial charge < -0.3 is 10.6 Å². The van der Waals surface area contributed by atoms with Crippen LogP contribution in [0, 0.1) is 0 Å². The summed E-state index contributed by atoms with van der Waals surface area (Å²) in [5.74, 6) is 0.227. The standard InChI is InChI=1S/C13H24N2OS/c1-17-12-4-2-3-11(9-12)15-13(16)7-8-14-10-5-6-10/h10-12,14H,2-9H2,1H3,(H,15,16). The smallest absolute Gasteiger partial charge is 0.221 e. The van der Waals surface area contributed by atoms with E-state index in [9.17, 15) is 4.79 Å². The molecule has 2 N–H and O–H groups in total. The lowest BCUT2D eigenvalue weighted by atomic mass is 9.95. The topological polar surface area (TPSA) is 41.1 Å². The Bertz CT molecular complexity index is 256. The fourth-order valence-electron chi connectivity index (χ4n) is 2.47. The van der Waals surface area contributed by atoms with E-state index in [2.05, 4.69) is 16.9 Å². The second kappa shape index (κ2) is 6.64. The van der Waals surface area contributed by atoms with Gasteiger partial charge >= 0.3 is 0 Å². The maximum absolute atomic E-state index is 11.8. The summed E-state index contributed by atoms with van der Waals surface area (Å²) in [6, 6.07) is 1.13. The summed E-state index contributed by atoms with van der Waals surface area (Å²) in [5, 5.41) is 7.31. The van der Waals surface area contributed by atoms with Gasteiger partial charge in [0.05, 0.1) is 0 Å². The molecule has 0 aromatic carbocycles. The van der Waals surface area contributed by atoms with Gasteiger partial charge in [0.25, 0.3) is 0 Å². The molecule has 98 valence electrons. The van der Waals surface area contributed by atoms with Gasteiger partial charge in [0.1, 0.15) is 0 Å². The molecule has 2 unspecified atom stereocenters. The molecule has 2 atom stereocenters. The monoisotopic (exact) mass is 256 g/mol. The van der Waals surface area contributed by atoms with Crippen LogP contribution >= 0.6 is 11.8 Å². The fraction of sp³-hybridized carbons (Fsp3) is 0.923. The van der Waals surface area contributed by atoms with Crippen molar-refractivity contribution in [2.45, 2.75) is 62.3 Å². The predicted molar refractivity (Wildman–Crippen MR) is 73.3 cm³/mol. The van der Waals surface area contributed by atoms with Crippen LogP contribution in [0.2, 0.25) is 0 Å². The Kier molecular flexibility index (Phi) is 5.16. The molecule has 0 radical (unpaired) electrons. The van der Waals surface area contributed by atoms with Crippen LogP contribution in [0.15, 0.2) is 0 Å². The van der Waals surface area contributed by atoms with E-state index in [-0.39, 0.29) is 5.91 Å². The van der Waals surface area contributed by atoms with Crippen LogP contribution in [0.3, 0.4) is 0 Å². The lowest BCUT2D eigenvalue weighted by Gasteiger charge is -2.28. The Balaban J connectivity index is 1.59. The number of amides is 1. The molecule has 2 aliphatic carbocycles. The third-order valence-electron chi connectivity index (χ3n) is 3.69. The quantitative estimate of drug-likeness (QED) is 0.763. The highest BCUT2D eigenvalue weighted by atomic mass is 32.2. The van der Waals surface area contributed by atoms with E-state index in [0.29, 0.717) is 18.5 Å². The molecule has 0 saturated heterocycles. The maximum Gasteiger partial charge on any atom is 0.221 e. The van der Waals surface area contributed by atoms with Crippen molar-refractivity contribution < 1.29 is 4.79 Å². The highest BCUT2D eigenvalue weighted by molar-refractivity contribution is 7.99. The first-order valence-electron chi connectivity index (χ1n) is 6.83. The first-order chi connectivity index (χ1) is 8.28. The summed E-state index contributed by atoms with van der Waals surface area (Å²) in [6.45, 7) is 0.842. The van der Waals surface area contributed by atoms with Crippen molar-refractivity contribution >= 4 is 17.7 Å². The summed E-state index contributed by atoms with van der Waals surface area (Å²) < 4.78 is 0. The number of hydrogen-bond acceptors (Lipinski definition) is 3. The number of carbonyl (C=O) groups is 1. The first kappa shape index (κ1) is 13.2. The number of nitrogens with one attached hydrogen (secondary N) is 2. The number of thioether (sulfide) groups is 1. The Labute approximate surface area is 108 Å². The Morgan fingerprint density at radius 1 is 1.24 bits per heavy atom. The van der Waals surface area contributed by atoms with Crippen molar-refractivity contribution in [3.63, 3.8) is 0 Å². The number of carbonyl (C=O) groups excluding carboxylic acids is 1. The van der Waals surface area contributed by atoms with Crippen LogP contribution in [0.1, 0.15) is 44.9 Å². The van der Waals surface area contributed by atoms with Gasteiger partial charge in [0.2, 0.25) is 5.91 Å². The molecule has 0 heterocycles. The largest absolute Gasteiger partial charge is 0.353 e.